The number of nitrogens with zero attached hydrogens (tertiary/aromatic N) is 1. The summed E-state index contributed by atoms with van der Waals surface area (Å²) in [6.45, 7) is 10.9. The summed E-state index contributed by atoms with van der Waals surface area (Å²) < 4.78 is 42.7. The SMILES string of the molecule is CC(C)(C)c1nc(C(F)(F)F)oc1C(C)(C)C. The van der Waals surface area contributed by atoms with Crippen LogP contribution in [0.15, 0.2) is 4.42 Å². The van der Waals surface area contributed by atoms with Crippen molar-refractivity contribution >= 4 is 0 Å². The number of hydrogen-bond acceptors (Lipinski definition) is 2. The quantitative estimate of drug-likeness (QED) is 0.685. The highest BCUT2D eigenvalue weighted by Gasteiger charge is 2.42. The normalized spacial score (nSPS) is 14.2. The second-order valence-corrected chi connectivity index (χ2v) is 6.19. The highest BCUT2D eigenvalue weighted by molar-refractivity contribution is 5.25. The van der Waals surface area contributed by atoms with Crippen LogP contribution in [0, 0.1) is 0 Å². The average molecular weight is 249 g/mol. The molecule has 0 aliphatic heterocycles. The maximum Gasteiger partial charge on any atom is 0.468 e. The van der Waals surface area contributed by atoms with Crippen molar-refractivity contribution in [3.8, 4) is 0 Å². The number of hydrogen-bond donors (Lipinski definition) is 0. The molecule has 1 rings (SSSR count). The second-order valence-electron chi connectivity index (χ2n) is 6.19. The Labute approximate surface area is 99.2 Å². The summed E-state index contributed by atoms with van der Waals surface area (Å²) in [7, 11) is 0. The van der Waals surface area contributed by atoms with E-state index in [-0.39, 0.29) is 0 Å². The molecule has 1 aromatic heterocycles. The van der Waals surface area contributed by atoms with Crippen molar-refractivity contribution in [3.63, 3.8) is 0 Å². The van der Waals surface area contributed by atoms with E-state index in [2.05, 4.69) is 4.98 Å². The molecular weight excluding hydrogens is 231 g/mol. The lowest BCUT2D eigenvalue weighted by Crippen LogP contribution is -2.20. The smallest absolute Gasteiger partial charge is 0.437 e. The van der Waals surface area contributed by atoms with E-state index in [4.69, 9.17) is 4.42 Å². The van der Waals surface area contributed by atoms with Crippen molar-refractivity contribution in [2.24, 2.45) is 0 Å². The van der Waals surface area contributed by atoms with Crippen LogP contribution in [0.4, 0.5) is 13.2 Å². The number of oxazole rings is 1. The van der Waals surface area contributed by atoms with Gasteiger partial charge in [0.1, 0.15) is 5.76 Å². The van der Waals surface area contributed by atoms with Crippen molar-refractivity contribution in [3.05, 3.63) is 17.3 Å². The third-order valence-corrected chi connectivity index (χ3v) is 2.26. The van der Waals surface area contributed by atoms with Gasteiger partial charge >= 0.3 is 12.1 Å². The molecule has 0 saturated carbocycles. The standard InChI is InChI=1S/C12H18F3NO/c1-10(2,3)7-8(11(4,5)6)17-9(16-7)12(13,14)15/h1-6H3. The third kappa shape index (κ3) is 3.01. The van der Waals surface area contributed by atoms with Crippen LogP contribution >= 0.6 is 0 Å². The molecule has 5 heteroatoms. The van der Waals surface area contributed by atoms with Gasteiger partial charge in [0, 0.05) is 10.8 Å². The van der Waals surface area contributed by atoms with E-state index >= 15 is 0 Å². The van der Waals surface area contributed by atoms with Crippen molar-refractivity contribution in [1.82, 2.24) is 4.98 Å². The van der Waals surface area contributed by atoms with Crippen molar-refractivity contribution < 1.29 is 17.6 Å². The van der Waals surface area contributed by atoms with Crippen LogP contribution in [0.5, 0.6) is 0 Å². The van der Waals surface area contributed by atoms with Crippen LogP contribution in [0.3, 0.4) is 0 Å². The minimum absolute atomic E-state index is 0.303. The summed E-state index contributed by atoms with van der Waals surface area (Å²) in [6, 6.07) is 0. The molecule has 0 bridgehead atoms. The van der Waals surface area contributed by atoms with E-state index in [0.29, 0.717) is 11.5 Å². The van der Waals surface area contributed by atoms with Crippen LogP contribution in [0.2, 0.25) is 0 Å². The summed E-state index contributed by atoms with van der Waals surface area (Å²) in [5.74, 6) is -0.857. The number of rotatable bonds is 0. The minimum atomic E-state index is -4.54. The Morgan fingerprint density at radius 2 is 1.35 bits per heavy atom. The fraction of sp³-hybridized carbons (Fsp3) is 0.750. The molecule has 0 aromatic carbocycles. The first-order chi connectivity index (χ1) is 7.33. The van der Waals surface area contributed by atoms with Gasteiger partial charge in [0.2, 0.25) is 0 Å². The monoisotopic (exact) mass is 249 g/mol. The molecule has 0 atom stereocenters. The van der Waals surface area contributed by atoms with Gasteiger partial charge in [0.05, 0.1) is 5.69 Å². The van der Waals surface area contributed by atoms with Crippen molar-refractivity contribution in [2.45, 2.75) is 58.5 Å². The average Bonchev–Trinajstić information content (AvgIpc) is 2.42. The van der Waals surface area contributed by atoms with Crippen LogP contribution in [0.25, 0.3) is 0 Å². The molecule has 17 heavy (non-hydrogen) atoms. The fourth-order valence-corrected chi connectivity index (χ4v) is 1.46. The molecule has 0 aliphatic carbocycles. The summed E-state index contributed by atoms with van der Waals surface area (Å²) in [4.78, 5) is 3.63. The fourth-order valence-electron chi connectivity index (χ4n) is 1.46. The van der Waals surface area contributed by atoms with Crippen LogP contribution in [-0.4, -0.2) is 4.98 Å². The molecule has 1 heterocycles. The van der Waals surface area contributed by atoms with Crippen LogP contribution in [-0.2, 0) is 17.0 Å². The Bertz CT molecular complexity index is 373. The zero-order chi connectivity index (χ0) is 13.6. The molecule has 0 saturated heterocycles. The number of aromatic nitrogens is 1. The van der Waals surface area contributed by atoms with Gasteiger partial charge in [0.15, 0.2) is 0 Å². The Kier molecular flexibility index (Phi) is 3.10. The largest absolute Gasteiger partial charge is 0.468 e. The molecule has 0 amide bonds. The van der Waals surface area contributed by atoms with Gasteiger partial charge in [0.25, 0.3) is 0 Å². The summed E-state index contributed by atoms with van der Waals surface area (Å²) >= 11 is 0. The van der Waals surface area contributed by atoms with E-state index in [9.17, 15) is 13.2 Å². The summed E-state index contributed by atoms with van der Waals surface area (Å²) in [5, 5.41) is 0. The Morgan fingerprint density at radius 3 is 1.59 bits per heavy atom. The zero-order valence-electron chi connectivity index (χ0n) is 11.0. The Morgan fingerprint density at radius 1 is 0.882 bits per heavy atom. The predicted octanol–water partition coefficient (Wildman–Crippen LogP) is 4.29. The van der Waals surface area contributed by atoms with Gasteiger partial charge in [-0.25, -0.2) is 4.98 Å². The molecular formula is C12H18F3NO. The van der Waals surface area contributed by atoms with Gasteiger partial charge in [-0.05, 0) is 0 Å². The number of alkyl halides is 3. The van der Waals surface area contributed by atoms with Gasteiger partial charge in [-0.15, -0.1) is 0 Å². The summed E-state index contributed by atoms with van der Waals surface area (Å²) in [5.41, 5.74) is -0.605. The van der Waals surface area contributed by atoms with Gasteiger partial charge in [-0.3, -0.25) is 0 Å². The molecule has 0 aliphatic rings. The molecule has 0 N–H and O–H groups in total. The molecule has 2 nitrogen and oxygen atoms in total. The van der Waals surface area contributed by atoms with Gasteiger partial charge in [-0.1, -0.05) is 41.5 Å². The molecule has 1 aromatic rings. The first-order valence-electron chi connectivity index (χ1n) is 5.42. The summed E-state index contributed by atoms with van der Waals surface area (Å²) in [6.07, 6.45) is -4.54. The lowest BCUT2D eigenvalue weighted by molar-refractivity contribution is -0.157. The maximum atomic E-state index is 12.6. The van der Waals surface area contributed by atoms with Crippen molar-refractivity contribution in [1.29, 1.82) is 0 Å². The minimum Gasteiger partial charge on any atom is -0.437 e. The Hall–Kier alpha value is -1.00. The van der Waals surface area contributed by atoms with E-state index in [1.54, 1.807) is 0 Å². The lowest BCUT2D eigenvalue weighted by atomic mass is 9.83. The van der Waals surface area contributed by atoms with Gasteiger partial charge < -0.3 is 4.42 Å². The van der Waals surface area contributed by atoms with Crippen LogP contribution < -0.4 is 0 Å². The Balaban J connectivity index is 3.44. The van der Waals surface area contributed by atoms with Crippen LogP contribution in [0.1, 0.15) is 58.9 Å². The highest BCUT2D eigenvalue weighted by atomic mass is 19.4. The highest BCUT2D eigenvalue weighted by Crippen LogP contribution is 2.38. The third-order valence-electron chi connectivity index (χ3n) is 2.26. The predicted molar refractivity (Wildman–Crippen MR) is 58.9 cm³/mol. The molecule has 98 valence electrons. The maximum absolute atomic E-state index is 12.6. The first kappa shape index (κ1) is 14.1. The van der Waals surface area contributed by atoms with E-state index in [0.717, 1.165) is 0 Å². The van der Waals surface area contributed by atoms with Gasteiger partial charge in [-0.2, -0.15) is 13.2 Å². The second kappa shape index (κ2) is 3.75. The van der Waals surface area contributed by atoms with E-state index < -0.39 is 22.9 Å². The molecule has 0 fully saturated rings. The zero-order valence-corrected chi connectivity index (χ0v) is 11.0. The molecule has 0 radical (unpaired) electrons. The topological polar surface area (TPSA) is 26.0 Å². The molecule has 0 spiro atoms. The molecule has 0 unspecified atom stereocenters. The van der Waals surface area contributed by atoms with E-state index in [1.165, 1.54) is 0 Å². The van der Waals surface area contributed by atoms with E-state index in [1.807, 2.05) is 41.5 Å². The lowest BCUT2D eigenvalue weighted by Gasteiger charge is -2.22. The number of halogens is 3. The first-order valence-corrected chi connectivity index (χ1v) is 5.42. The van der Waals surface area contributed by atoms with Crippen molar-refractivity contribution in [2.75, 3.05) is 0 Å².